The minimum Gasteiger partial charge on any atom is -0.485 e. The fourth-order valence-electron chi connectivity index (χ4n) is 1.32. The van der Waals surface area contributed by atoms with Crippen LogP contribution in [0, 0.1) is 5.82 Å². The number of para-hydroxylation sites is 1. The molecule has 2 N–H and O–H groups in total. The summed E-state index contributed by atoms with van der Waals surface area (Å²) in [5.41, 5.74) is 6.16. The van der Waals surface area contributed by atoms with Crippen LogP contribution >= 0.6 is 0 Å². The fraction of sp³-hybridized carbons (Fsp3) is 0.455. The molecule has 0 amide bonds. The number of ether oxygens (including phenoxy) is 2. The maximum absolute atomic E-state index is 13.4. The third-order valence-corrected chi connectivity index (χ3v) is 1.99. The molecule has 1 rings (SSSR count). The number of hydrogen-bond acceptors (Lipinski definition) is 3. The molecule has 15 heavy (non-hydrogen) atoms. The average Bonchev–Trinajstić information content (AvgIpc) is 2.21. The first kappa shape index (κ1) is 11.9. The Morgan fingerprint density at radius 2 is 2.20 bits per heavy atom. The van der Waals surface area contributed by atoms with Crippen LogP contribution in [0.1, 0.15) is 12.5 Å². The lowest BCUT2D eigenvalue weighted by Crippen LogP contribution is -2.19. The predicted octanol–water partition coefficient (Wildman–Crippen LogP) is 1.70. The van der Waals surface area contributed by atoms with Crippen molar-refractivity contribution in [1.29, 1.82) is 0 Å². The van der Waals surface area contributed by atoms with Gasteiger partial charge in [-0.25, -0.2) is 4.39 Å². The van der Waals surface area contributed by atoms with Gasteiger partial charge in [-0.15, -0.1) is 0 Å². The molecule has 1 aromatic rings. The summed E-state index contributed by atoms with van der Waals surface area (Å²) in [5.74, 6) is -0.162. The summed E-state index contributed by atoms with van der Waals surface area (Å²) in [6.07, 6.45) is -0.197. The lowest BCUT2D eigenvalue weighted by Gasteiger charge is -2.16. The number of hydrogen-bond donors (Lipinski definition) is 1. The first-order valence-corrected chi connectivity index (χ1v) is 4.82. The Morgan fingerprint density at radius 3 is 2.80 bits per heavy atom. The third kappa shape index (κ3) is 3.18. The van der Waals surface area contributed by atoms with E-state index in [1.54, 1.807) is 19.2 Å². The Hall–Kier alpha value is -1.13. The van der Waals surface area contributed by atoms with Crippen molar-refractivity contribution in [3.8, 4) is 5.75 Å². The zero-order chi connectivity index (χ0) is 11.3. The Bertz CT molecular complexity index is 317. The van der Waals surface area contributed by atoms with Crippen molar-refractivity contribution in [2.75, 3.05) is 13.7 Å². The molecule has 0 saturated heterocycles. The van der Waals surface area contributed by atoms with E-state index in [1.807, 2.05) is 6.92 Å². The molecule has 0 saturated carbocycles. The van der Waals surface area contributed by atoms with Crippen LogP contribution in [0.4, 0.5) is 4.39 Å². The molecular formula is C11H16FNO2. The van der Waals surface area contributed by atoms with E-state index in [-0.39, 0.29) is 24.2 Å². The molecule has 4 heteroatoms. The molecule has 0 aromatic heterocycles. The molecule has 0 radical (unpaired) electrons. The van der Waals surface area contributed by atoms with Crippen LogP contribution in [-0.4, -0.2) is 19.8 Å². The van der Waals surface area contributed by atoms with Gasteiger partial charge in [-0.3, -0.25) is 0 Å². The van der Waals surface area contributed by atoms with E-state index in [0.717, 1.165) is 0 Å². The standard InChI is InChI=1S/C11H16FNO2/c1-8(7-14-2)15-11-9(6-13)4-3-5-10(11)12/h3-5,8H,6-7,13H2,1-2H3. The SMILES string of the molecule is COCC(C)Oc1c(F)cccc1CN. The van der Waals surface area contributed by atoms with Crippen LogP contribution in [0.5, 0.6) is 5.75 Å². The van der Waals surface area contributed by atoms with Crippen molar-refractivity contribution in [2.24, 2.45) is 5.73 Å². The van der Waals surface area contributed by atoms with Crippen molar-refractivity contribution >= 4 is 0 Å². The van der Waals surface area contributed by atoms with E-state index in [9.17, 15) is 4.39 Å². The topological polar surface area (TPSA) is 44.5 Å². The molecule has 0 aliphatic heterocycles. The second kappa shape index (κ2) is 5.68. The van der Waals surface area contributed by atoms with Crippen molar-refractivity contribution in [3.63, 3.8) is 0 Å². The Kier molecular flexibility index (Phi) is 4.52. The lowest BCUT2D eigenvalue weighted by atomic mass is 10.2. The van der Waals surface area contributed by atoms with E-state index in [2.05, 4.69) is 0 Å². The van der Waals surface area contributed by atoms with Gasteiger partial charge in [-0.05, 0) is 13.0 Å². The lowest BCUT2D eigenvalue weighted by molar-refractivity contribution is 0.0886. The van der Waals surface area contributed by atoms with Crippen molar-refractivity contribution in [3.05, 3.63) is 29.6 Å². The maximum atomic E-state index is 13.4. The highest BCUT2D eigenvalue weighted by Crippen LogP contribution is 2.23. The molecule has 0 aliphatic carbocycles. The molecule has 0 heterocycles. The molecule has 0 spiro atoms. The first-order valence-electron chi connectivity index (χ1n) is 4.82. The number of halogens is 1. The molecule has 0 bridgehead atoms. The number of rotatable bonds is 5. The van der Waals surface area contributed by atoms with Gasteiger partial charge in [0.2, 0.25) is 0 Å². The van der Waals surface area contributed by atoms with Crippen molar-refractivity contribution in [1.82, 2.24) is 0 Å². The van der Waals surface area contributed by atoms with E-state index in [1.165, 1.54) is 6.07 Å². The summed E-state index contributed by atoms with van der Waals surface area (Å²) in [7, 11) is 1.57. The van der Waals surface area contributed by atoms with E-state index >= 15 is 0 Å². The highest BCUT2D eigenvalue weighted by molar-refractivity contribution is 5.34. The van der Waals surface area contributed by atoms with Gasteiger partial charge in [-0.2, -0.15) is 0 Å². The smallest absolute Gasteiger partial charge is 0.165 e. The molecule has 3 nitrogen and oxygen atoms in total. The monoisotopic (exact) mass is 213 g/mol. The largest absolute Gasteiger partial charge is 0.485 e. The summed E-state index contributed by atoms with van der Waals surface area (Å²) in [6, 6.07) is 4.72. The van der Waals surface area contributed by atoms with E-state index in [0.29, 0.717) is 12.2 Å². The van der Waals surface area contributed by atoms with Crippen LogP contribution in [0.3, 0.4) is 0 Å². The predicted molar refractivity (Wildman–Crippen MR) is 56.3 cm³/mol. The van der Waals surface area contributed by atoms with Gasteiger partial charge < -0.3 is 15.2 Å². The van der Waals surface area contributed by atoms with Gasteiger partial charge in [0, 0.05) is 19.2 Å². The van der Waals surface area contributed by atoms with Crippen LogP contribution in [0.25, 0.3) is 0 Å². The number of nitrogens with two attached hydrogens (primary N) is 1. The van der Waals surface area contributed by atoms with Crippen LogP contribution in [-0.2, 0) is 11.3 Å². The zero-order valence-electron chi connectivity index (χ0n) is 9.00. The Balaban J connectivity index is 2.82. The molecule has 84 valence electrons. The second-order valence-electron chi connectivity index (χ2n) is 3.32. The molecular weight excluding hydrogens is 197 g/mol. The molecule has 0 fully saturated rings. The molecule has 1 unspecified atom stereocenters. The summed E-state index contributed by atoms with van der Waals surface area (Å²) in [4.78, 5) is 0. The van der Waals surface area contributed by atoms with Crippen LogP contribution < -0.4 is 10.5 Å². The summed E-state index contributed by atoms with van der Waals surface area (Å²) in [5, 5.41) is 0. The molecule has 1 aromatic carbocycles. The number of benzene rings is 1. The van der Waals surface area contributed by atoms with E-state index < -0.39 is 0 Å². The molecule has 0 aliphatic rings. The highest BCUT2D eigenvalue weighted by Gasteiger charge is 2.12. The average molecular weight is 213 g/mol. The van der Waals surface area contributed by atoms with Gasteiger partial charge in [-0.1, -0.05) is 12.1 Å². The number of methoxy groups -OCH3 is 1. The molecule has 1 atom stereocenters. The Labute approximate surface area is 89.0 Å². The zero-order valence-corrected chi connectivity index (χ0v) is 9.00. The first-order chi connectivity index (χ1) is 7.19. The van der Waals surface area contributed by atoms with Crippen molar-refractivity contribution in [2.45, 2.75) is 19.6 Å². The van der Waals surface area contributed by atoms with Crippen molar-refractivity contribution < 1.29 is 13.9 Å². The minimum atomic E-state index is -0.388. The Morgan fingerprint density at radius 1 is 1.47 bits per heavy atom. The minimum absolute atomic E-state index is 0.197. The summed E-state index contributed by atoms with van der Waals surface area (Å²) >= 11 is 0. The normalized spacial score (nSPS) is 12.5. The van der Waals surface area contributed by atoms with Crippen LogP contribution in [0.15, 0.2) is 18.2 Å². The second-order valence-corrected chi connectivity index (χ2v) is 3.32. The van der Waals surface area contributed by atoms with Gasteiger partial charge >= 0.3 is 0 Å². The van der Waals surface area contributed by atoms with Gasteiger partial charge in [0.05, 0.1) is 6.61 Å². The van der Waals surface area contributed by atoms with Gasteiger partial charge in [0.25, 0.3) is 0 Å². The third-order valence-electron chi connectivity index (χ3n) is 1.99. The summed E-state index contributed by atoms with van der Waals surface area (Å²) in [6.45, 7) is 2.49. The van der Waals surface area contributed by atoms with Crippen LogP contribution in [0.2, 0.25) is 0 Å². The van der Waals surface area contributed by atoms with E-state index in [4.69, 9.17) is 15.2 Å². The maximum Gasteiger partial charge on any atom is 0.165 e. The quantitative estimate of drug-likeness (QED) is 0.809. The fourth-order valence-corrected chi connectivity index (χ4v) is 1.32. The highest BCUT2D eigenvalue weighted by atomic mass is 19.1. The van der Waals surface area contributed by atoms with Gasteiger partial charge in [0.1, 0.15) is 6.10 Å². The van der Waals surface area contributed by atoms with Gasteiger partial charge in [0.15, 0.2) is 11.6 Å². The summed E-state index contributed by atoms with van der Waals surface area (Å²) < 4.78 is 23.8.